The van der Waals surface area contributed by atoms with Gasteiger partial charge in [0.15, 0.2) is 0 Å². The molecule has 1 aromatic carbocycles. The van der Waals surface area contributed by atoms with E-state index in [0.29, 0.717) is 6.42 Å². The Morgan fingerprint density at radius 3 is 2.85 bits per heavy atom. The number of carbonyl (C=O) groups is 1. The van der Waals surface area contributed by atoms with Gasteiger partial charge in [0.05, 0.1) is 11.1 Å². The Morgan fingerprint density at radius 1 is 1.44 bits per heavy atom. The van der Waals surface area contributed by atoms with E-state index in [9.17, 15) is 9.18 Å². The number of aldehydes is 1. The van der Waals surface area contributed by atoms with E-state index in [1.54, 1.807) is 4.68 Å². The SMILES string of the molecule is Cc1cc(F)cc2c1NCCC2(C)C=O.Cn1nc2c(c1N)CCCC2N. The Morgan fingerprint density at radius 2 is 2.19 bits per heavy atom. The van der Waals surface area contributed by atoms with Crippen molar-refractivity contribution in [2.45, 2.75) is 51.0 Å². The molecule has 0 radical (unpaired) electrons. The molecule has 2 heterocycles. The number of aryl methyl sites for hydroxylation is 2. The van der Waals surface area contributed by atoms with Crippen molar-refractivity contribution in [1.82, 2.24) is 9.78 Å². The van der Waals surface area contributed by atoms with Crippen LogP contribution in [-0.2, 0) is 23.7 Å². The number of fused-ring (bicyclic) bond motifs is 2. The number of nitrogen functional groups attached to an aromatic ring is 1. The van der Waals surface area contributed by atoms with E-state index in [0.717, 1.165) is 66.0 Å². The van der Waals surface area contributed by atoms with E-state index in [2.05, 4.69) is 10.4 Å². The van der Waals surface area contributed by atoms with Crippen LogP contribution in [0.25, 0.3) is 0 Å². The first-order valence-corrected chi connectivity index (χ1v) is 9.34. The average molecular weight is 373 g/mol. The molecule has 2 atom stereocenters. The molecule has 0 saturated heterocycles. The van der Waals surface area contributed by atoms with Crippen molar-refractivity contribution in [3.05, 3.63) is 40.3 Å². The van der Waals surface area contributed by atoms with Crippen LogP contribution in [0.15, 0.2) is 12.1 Å². The predicted octanol–water partition coefficient (Wildman–Crippen LogP) is 2.74. The number of nitrogens with one attached hydrogen (secondary N) is 1. The van der Waals surface area contributed by atoms with Crippen LogP contribution in [0.3, 0.4) is 0 Å². The molecule has 2 unspecified atom stereocenters. The first-order valence-electron chi connectivity index (χ1n) is 9.34. The molecule has 0 bridgehead atoms. The van der Waals surface area contributed by atoms with Crippen molar-refractivity contribution in [3.63, 3.8) is 0 Å². The molecule has 146 valence electrons. The van der Waals surface area contributed by atoms with Crippen LogP contribution >= 0.6 is 0 Å². The molecule has 0 amide bonds. The van der Waals surface area contributed by atoms with Gasteiger partial charge in [-0.15, -0.1) is 0 Å². The highest BCUT2D eigenvalue weighted by Gasteiger charge is 2.33. The van der Waals surface area contributed by atoms with E-state index < -0.39 is 5.41 Å². The highest BCUT2D eigenvalue weighted by atomic mass is 19.1. The zero-order valence-corrected chi connectivity index (χ0v) is 16.2. The van der Waals surface area contributed by atoms with Gasteiger partial charge in [-0.05, 0) is 62.8 Å². The van der Waals surface area contributed by atoms with E-state index in [1.807, 2.05) is 20.9 Å². The maximum atomic E-state index is 13.3. The molecule has 0 saturated carbocycles. The van der Waals surface area contributed by atoms with Crippen LogP contribution in [0.2, 0.25) is 0 Å². The van der Waals surface area contributed by atoms with E-state index >= 15 is 0 Å². The number of aromatic nitrogens is 2. The van der Waals surface area contributed by atoms with Gasteiger partial charge < -0.3 is 21.6 Å². The molecular weight excluding hydrogens is 345 g/mol. The summed E-state index contributed by atoms with van der Waals surface area (Å²) in [6.07, 6.45) is 4.83. The summed E-state index contributed by atoms with van der Waals surface area (Å²) in [6, 6.07) is 3.04. The van der Waals surface area contributed by atoms with Crippen molar-refractivity contribution in [2.24, 2.45) is 12.8 Å². The van der Waals surface area contributed by atoms with Crippen molar-refractivity contribution in [3.8, 4) is 0 Å². The molecule has 27 heavy (non-hydrogen) atoms. The number of nitrogens with zero attached hydrogens (tertiary/aromatic N) is 2. The predicted molar refractivity (Wildman–Crippen MR) is 105 cm³/mol. The Labute approximate surface area is 159 Å². The molecule has 1 aliphatic carbocycles. The Hall–Kier alpha value is -2.41. The molecule has 7 heteroatoms. The molecule has 1 aliphatic heterocycles. The van der Waals surface area contributed by atoms with Crippen LogP contribution < -0.4 is 16.8 Å². The summed E-state index contributed by atoms with van der Waals surface area (Å²) < 4.78 is 15.0. The second-order valence-corrected chi connectivity index (χ2v) is 7.73. The first kappa shape index (κ1) is 19.4. The standard InChI is InChI=1S/C12H14FNO.C8H14N4/c1-8-5-9(13)6-10-11(8)14-4-3-12(10,2)7-15;1-12-8(10)5-3-2-4-6(9)7(5)11-12/h5-7,14H,3-4H2,1-2H3;6H,2-4,9-10H2,1H3. The number of nitrogens with two attached hydrogens (primary N) is 2. The fraction of sp³-hybridized carbons (Fsp3) is 0.500. The number of rotatable bonds is 1. The normalized spacial score (nSPS) is 23.4. The third-order valence-corrected chi connectivity index (χ3v) is 5.64. The van der Waals surface area contributed by atoms with E-state index in [-0.39, 0.29) is 11.9 Å². The summed E-state index contributed by atoms with van der Waals surface area (Å²) >= 11 is 0. The maximum Gasteiger partial charge on any atom is 0.130 e. The Bertz CT molecular complexity index is 863. The average Bonchev–Trinajstić information content (AvgIpc) is 2.93. The summed E-state index contributed by atoms with van der Waals surface area (Å²) in [4.78, 5) is 11.1. The van der Waals surface area contributed by atoms with E-state index in [4.69, 9.17) is 11.5 Å². The van der Waals surface area contributed by atoms with Crippen molar-refractivity contribution in [1.29, 1.82) is 0 Å². The lowest BCUT2D eigenvalue weighted by atomic mass is 9.77. The summed E-state index contributed by atoms with van der Waals surface area (Å²) in [6.45, 7) is 4.47. The molecule has 1 aromatic heterocycles. The number of hydrogen-bond donors (Lipinski definition) is 3. The third-order valence-electron chi connectivity index (χ3n) is 5.64. The van der Waals surface area contributed by atoms with Gasteiger partial charge >= 0.3 is 0 Å². The first-order chi connectivity index (χ1) is 12.8. The van der Waals surface area contributed by atoms with Gasteiger partial charge in [-0.1, -0.05) is 0 Å². The van der Waals surface area contributed by atoms with E-state index in [1.165, 1.54) is 12.1 Å². The largest absolute Gasteiger partial charge is 0.385 e. The number of halogens is 1. The molecule has 5 N–H and O–H groups in total. The van der Waals surface area contributed by atoms with Crippen LogP contribution in [0, 0.1) is 12.7 Å². The molecule has 4 rings (SSSR count). The smallest absolute Gasteiger partial charge is 0.130 e. The minimum atomic E-state index is -0.548. The van der Waals surface area contributed by atoms with Gasteiger partial charge in [0.1, 0.15) is 17.9 Å². The molecular formula is C20H28FN5O. The lowest BCUT2D eigenvalue weighted by Gasteiger charge is -2.32. The summed E-state index contributed by atoms with van der Waals surface area (Å²) in [7, 11) is 1.86. The maximum absolute atomic E-state index is 13.3. The van der Waals surface area contributed by atoms with Gasteiger partial charge in [-0.25, -0.2) is 4.39 Å². The topological polar surface area (TPSA) is 99.0 Å². The van der Waals surface area contributed by atoms with Crippen molar-refractivity contribution >= 4 is 17.8 Å². The summed E-state index contributed by atoms with van der Waals surface area (Å²) in [5.41, 5.74) is 15.9. The monoisotopic (exact) mass is 373 g/mol. The Balaban J connectivity index is 0.000000159. The Kier molecular flexibility index (Phi) is 5.24. The minimum Gasteiger partial charge on any atom is -0.385 e. The van der Waals surface area contributed by atoms with Crippen LogP contribution in [-0.4, -0.2) is 22.6 Å². The van der Waals surface area contributed by atoms with Crippen LogP contribution in [0.5, 0.6) is 0 Å². The van der Waals surface area contributed by atoms with Crippen LogP contribution in [0.4, 0.5) is 15.9 Å². The molecule has 2 aliphatic rings. The summed E-state index contributed by atoms with van der Waals surface area (Å²) in [5.74, 6) is 0.503. The summed E-state index contributed by atoms with van der Waals surface area (Å²) in [5, 5.41) is 7.52. The second kappa shape index (κ2) is 7.31. The fourth-order valence-corrected chi connectivity index (χ4v) is 3.92. The molecule has 6 nitrogen and oxygen atoms in total. The molecule has 0 fully saturated rings. The van der Waals surface area contributed by atoms with Crippen LogP contribution in [0.1, 0.15) is 54.6 Å². The van der Waals surface area contributed by atoms with Gasteiger partial charge in [0.2, 0.25) is 0 Å². The number of hydrogen-bond acceptors (Lipinski definition) is 5. The quantitative estimate of drug-likeness (QED) is 0.668. The van der Waals surface area contributed by atoms with Gasteiger partial charge in [0, 0.05) is 30.9 Å². The van der Waals surface area contributed by atoms with Gasteiger partial charge in [-0.3, -0.25) is 4.68 Å². The number of benzene rings is 1. The van der Waals surface area contributed by atoms with Gasteiger partial charge in [-0.2, -0.15) is 5.10 Å². The zero-order chi connectivity index (χ0) is 19.8. The van der Waals surface area contributed by atoms with Crippen molar-refractivity contribution < 1.29 is 9.18 Å². The lowest BCUT2D eigenvalue weighted by molar-refractivity contribution is -0.112. The number of anilines is 2. The van der Waals surface area contributed by atoms with Crippen molar-refractivity contribution in [2.75, 3.05) is 17.6 Å². The highest BCUT2D eigenvalue weighted by Crippen LogP contribution is 2.37. The number of carbonyl (C=O) groups excluding carboxylic acids is 1. The van der Waals surface area contributed by atoms with Gasteiger partial charge in [0.25, 0.3) is 0 Å². The third kappa shape index (κ3) is 3.56. The molecule has 2 aromatic rings. The highest BCUT2D eigenvalue weighted by molar-refractivity contribution is 5.76. The second-order valence-electron chi connectivity index (χ2n) is 7.73. The fourth-order valence-electron chi connectivity index (χ4n) is 3.92. The minimum absolute atomic E-state index is 0.0947. The molecule has 0 spiro atoms. The lowest BCUT2D eigenvalue weighted by Crippen LogP contribution is -2.33. The zero-order valence-electron chi connectivity index (χ0n) is 16.2.